The first kappa shape index (κ1) is 18.2. The molecule has 0 unspecified atom stereocenters. The van der Waals surface area contributed by atoms with Crippen LogP contribution < -0.4 is 0 Å². The van der Waals surface area contributed by atoms with Crippen LogP contribution in [0.2, 0.25) is 5.02 Å². The van der Waals surface area contributed by atoms with E-state index in [1.54, 1.807) is 12.4 Å². The van der Waals surface area contributed by atoms with Gasteiger partial charge in [0.1, 0.15) is 11.3 Å². The van der Waals surface area contributed by atoms with E-state index in [1.165, 1.54) is 0 Å². The van der Waals surface area contributed by atoms with Crippen LogP contribution >= 0.6 is 11.6 Å². The van der Waals surface area contributed by atoms with Crippen molar-refractivity contribution in [1.29, 1.82) is 0 Å². The van der Waals surface area contributed by atoms with Crippen LogP contribution in [0, 0.1) is 0 Å². The number of nitrogens with zero attached hydrogens (tertiary/aromatic N) is 4. The number of hydrogen-bond acceptors (Lipinski definition) is 5. The maximum Gasteiger partial charge on any atom is 0.147 e. The van der Waals surface area contributed by atoms with Crippen molar-refractivity contribution >= 4 is 22.5 Å². The van der Waals surface area contributed by atoms with Gasteiger partial charge in [0, 0.05) is 55.7 Å². The topological polar surface area (TPSA) is 52.5 Å². The molecule has 2 aromatic heterocycles. The SMILES string of the molecule is CCN1CCN([C@@H](c2cccnc2)c2cc(Cl)c3cccnc3c2O)CC1. The molecule has 140 valence electrons. The standard InChI is InChI=1S/C21H23ClN4O/c1-2-25-9-11-26(12-10-25)20(15-5-3-7-23-14-15)17-13-18(22)16-6-4-8-24-19(16)21(17)27/h3-8,13-14,20,27H,2,9-12H2,1H3/t20-/m0/s1. The largest absolute Gasteiger partial charge is 0.505 e. The molecule has 1 atom stereocenters. The third-order valence-corrected chi connectivity index (χ3v) is 5.67. The minimum Gasteiger partial charge on any atom is -0.505 e. The number of hydrogen-bond donors (Lipinski definition) is 1. The minimum absolute atomic E-state index is 0.110. The molecule has 0 aliphatic carbocycles. The van der Waals surface area contributed by atoms with Crippen molar-refractivity contribution in [3.05, 3.63) is 65.1 Å². The van der Waals surface area contributed by atoms with Crippen molar-refractivity contribution in [2.75, 3.05) is 32.7 Å². The third-order valence-electron chi connectivity index (χ3n) is 5.36. The summed E-state index contributed by atoms with van der Waals surface area (Å²) in [6.07, 6.45) is 5.32. The predicted molar refractivity (Wildman–Crippen MR) is 108 cm³/mol. The first-order chi connectivity index (χ1) is 13.2. The summed E-state index contributed by atoms with van der Waals surface area (Å²) in [6, 6.07) is 9.47. The number of phenolic OH excluding ortho intramolecular Hbond substituents is 1. The van der Waals surface area contributed by atoms with Gasteiger partial charge in [-0.2, -0.15) is 0 Å². The summed E-state index contributed by atoms with van der Waals surface area (Å²) in [5.41, 5.74) is 2.37. The number of likely N-dealkylation sites (N-methyl/N-ethyl adjacent to an activating group) is 1. The van der Waals surface area contributed by atoms with Crippen molar-refractivity contribution in [2.24, 2.45) is 0 Å². The van der Waals surface area contributed by atoms with Crippen LogP contribution in [-0.4, -0.2) is 57.6 Å². The van der Waals surface area contributed by atoms with Gasteiger partial charge < -0.3 is 10.0 Å². The van der Waals surface area contributed by atoms with Gasteiger partial charge in [-0.3, -0.25) is 14.9 Å². The zero-order chi connectivity index (χ0) is 18.8. The molecule has 0 bridgehead atoms. The van der Waals surface area contributed by atoms with Gasteiger partial charge in [0.15, 0.2) is 0 Å². The Labute approximate surface area is 164 Å². The summed E-state index contributed by atoms with van der Waals surface area (Å²) in [5, 5.41) is 12.4. The highest BCUT2D eigenvalue weighted by Gasteiger charge is 2.29. The highest BCUT2D eigenvalue weighted by atomic mass is 35.5. The molecule has 0 spiro atoms. The molecular formula is C21H23ClN4O. The van der Waals surface area contributed by atoms with Gasteiger partial charge in [-0.1, -0.05) is 24.6 Å². The Morgan fingerprint density at radius 1 is 1.15 bits per heavy atom. The number of aromatic hydroxyl groups is 1. The van der Waals surface area contributed by atoms with Gasteiger partial charge in [-0.05, 0) is 36.4 Å². The van der Waals surface area contributed by atoms with Crippen LogP contribution in [0.3, 0.4) is 0 Å². The van der Waals surface area contributed by atoms with Crippen LogP contribution in [0.1, 0.15) is 24.1 Å². The average Bonchev–Trinajstić information content (AvgIpc) is 2.73. The van der Waals surface area contributed by atoms with E-state index in [1.807, 2.05) is 30.5 Å². The Hall–Kier alpha value is -2.21. The molecule has 1 aliphatic rings. The van der Waals surface area contributed by atoms with Gasteiger partial charge in [-0.15, -0.1) is 0 Å². The van der Waals surface area contributed by atoms with E-state index in [9.17, 15) is 5.11 Å². The first-order valence-corrected chi connectivity index (χ1v) is 9.69. The van der Waals surface area contributed by atoms with Gasteiger partial charge >= 0.3 is 0 Å². The second-order valence-corrected chi connectivity index (χ2v) is 7.26. The molecule has 0 amide bonds. The number of phenols is 1. The molecule has 5 nitrogen and oxygen atoms in total. The van der Waals surface area contributed by atoms with Crippen molar-refractivity contribution < 1.29 is 5.11 Å². The molecule has 6 heteroatoms. The Morgan fingerprint density at radius 3 is 2.63 bits per heavy atom. The summed E-state index contributed by atoms with van der Waals surface area (Å²) in [4.78, 5) is 13.5. The zero-order valence-corrected chi connectivity index (χ0v) is 16.1. The molecule has 0 saturated carbocycles. The quantitative estimate of drug-likeness (QED) is 0.745. The lowest BCUT2D eigenvalue weighted by Gasteiger charge is -2.39. The monoisotopic (exact) mass is 382 g/mol. The van der Waals surface area contributed by atoms with Gasteiger partial charge in [0.25, 0.3) is 0 Å². The van der Waals surface area contributed by atoms with Crippen LogP contribution in [0.15, 0.2) is 48.9 Å². The molecule has 3 heterocycles. The smallest absolute Gasteiger partial charge is 0.147 e. The number of fused-ring (bicyclic) bond motifs is 1. The molecule has 1 aliphatic heterocycles. The van der Waals surface area contributed by atoms with E-state index in [0.717, 1.165) is 49.2 Å². The zero-order valence-electron chi connectivity index (χ0n) is 15.3. The van der Waals surface area contributed by atoms with Gasteiger partial charge in [0.2, 0.25) is 0 Å². The molecule has 4 rings (SSSR count). The first-order valence-electron chi connectivity index (χ1n) is 9.31. The van der Waals surface area contributed by atoms with Crippen LogP contribution in [0.25, 0.3) is 10.9 Å². The van der Waals surface area contributed by atoms with E-state index >= 15 is 0 Å². The number of piperazine rings is 1. The molecule has 1 saturated heterocycles. The molecule has 1 N–H and O–H groups in total. The number of pyridine rings is 2. The summed E-state index contributed by atoms with van der Waals surface area (Å²) in [5.74, 6) is 0.196. The Morgan fingerprint density at radius 2 is 1.93 bits per heavy atom. The minimum atomic E-state index is -0.110. The summed E-state index contributed by atoms with van der Waals surface area (Å²) in [6.45, 7) is 7.10. The lowest BCUT2D eigenvalue weighted by Crippen LogP contribution is -2.47. The molecule has 3 aromatic rings. The molecular weight excluding hydrogens is 360 g/mol. The summed E-state index contributed by atoms with van der Waals surface area (Å²) < 4.78 is 0. The van der Waals surface area contributed by atoms with E-state index < -0.39 is 0 Å². The number of aromatic nitrogens is 2. The highest BCUT2D eigenvalue weighted by Crippen LogP contribution is 2.40. The highest BCUT2D eigenvalue weighted by molar-refractivity contribution is 6.35. The van der Waals surface area contributed by atoms with Crippen molar-refractivity contribution in [3.8, 4) is 5.75 Å². The molecule has 0 radical (unpaired) electrons. The Balaban J connectivity index is 1.82. The van der Waals surface area contributed by atoms with Crippen LogP contribution in [0.4, 0.5) is 0 Å². The predicted octanol–water partition coefficient (Wildman–Crippen LogP) is 3.72. The lowest BCUT2D eigenvalue weighted by molar-refractivity contribution is 0.112. The van der Waals surface area contributed by atoms with Crippen molar-refractivity contribution in [2.45, 2.75) is 13.0 Å². The number of benzene rings is 1. The van der Waals surface area contributed by atoms with Crippen LogP contribution in [-0.2, 0) is 0 Å². The van der Waals surface area contributed by atoms with E-state index in [0.29, 0.717) is 10.5 Å². The van der Waals surface area contributed by atoms with E-state index in [-0.39, 0.29) is 11.8 Å². The van der Waals surface area contributed by atoms with Crippen molar-refractivity contribution in [1.82, 2.24) is 19.8 Å². The second kappa shape index (κ2) is 7.80. The Bertz CT molecular complexity index is 926. The Kier molecular flexibility index (Phi) is 5.25. The fourth-order valence-electron chi connectivity index (χ4n) is 3.88. The van der Waals surface area contributed by atoms with Gasteiger partial charge in [0.05, 0.1) is 11.1 Å². The maximum absolute atomic E-state index is 11.1. The maximum atomic E-state index is 11.1. The fraction of sp³-hybridized carbons (Fsp3) is 0.333. The van der Waals surface area contributed by atoms with E-state index in [4.69, 9.17) is 11.6 Å². The molecule has 1 aromatic carbocycles. The summed E-state index contributed by atoms with van der Waals surface area (Å²) in [7, 11) is 0. The lowest BCUT2D eigenvalue weighted by atomic mass is 9.95. The molecule has 1 fully saturated rings. The van der Waals surface area contributed by atoms with Gasteiger partial charge in [-0.25, -0.2) is 0 Å². The average molecular weight is 383 g/mol. The van der Waals surface area contributed by atoms with E-state index in [2.05, 4.69) is 32.8 Å². The molecule has 27 heavy (non-hydrogen) atoms. The fourth-order valence-corrected chi connectivity index (χ4v) is 4.15. The normalized spacial score (nSPS) is 17.3. The summed E-state index contributed by atoms with van der Waals surface area (Å²) >= 11 is 6.56. The van der Waals surface area contributed by atoms with Crippen molar-refractivity contribution in [3.63, 3.8) is 0 Å². The third kappa shape index (κ3) is 3.50. The van der Waals surface area contributed by atoms with Crippen LogP contribution in [0.5, 0.6) is 5.75 Å². The number of rotatable bonds is 4. The second-order valence-electron chi connectivity index (χ2n) is 6.85. The number of halogens is 1.